The van der Waals surface area contributed by atoms with E-state index in [1.54, 1.807) is 0 Å². The second-order valence-corrected chi connectivity index (χ2v) is 3.48. The summed E-state index contributed by atoms with van der Waals surface area (Å²) in [5.41, 5.74) is 5.34. The van der Waals surface area contributed by atoms with E-state index in [9.17, 15) is 8.78 Å². The van der Waals surface area contributed by atoms with E-state index >= 15 is 0 Å². The fourth-order valence-electron chi connectivity index (χ4n) is 1.35. The van der Waals surface area contributed by atoms with Crippen LogP contribution in [0.5, 0.6) is 5.75 Å². The molecule has 0 aromatic heterocycles. The Hall–Kier alpha value is -1.32. The molecule has 1 aliphatic carbocycles. The smallest absolute Gasteiger partial charge is 0.191 e. The van der Waals surface area contributed by atoms with E-state index in [4.69, 9.17) is 10.5 Å². The number of rotatable bonds is 2. The van der Waals surface area contributed by atoms with Gasteiger partial charge in [0.1, 0.15) is 0 Å². The van der Waals surface area contributed by atoms with E-state index < -0.39 is 11.6 Å². The average Bonchev–Trinajstić information content (AvgIpc) is 1.98. The first-order chi connectivity index (χ1) is 6.66. The van der Waals surface area contributed by atoms with Crippen LogP contribution < -0.4 is 10.5 Å². The summed E-state index contributed by atoms with van der Waals surface area (Å²) in [5, 5.41) is 0. The van der Waals surface area contributed by atoms with Crippen molar-refractivity contribution in [3.8, 4) is 5.75 Å². The summed E-state index contributed by atoms with van der Waals surface area (Å²) in [4.78, 5) is 0. The number of anilines is 1. The zero-order valence-electron chi connectivity index (χ0n) is 7.59. The SMILES string of the molecule is Nc1cc(F)c(OC2CCC2)c(F)c1. The van der Waals surface area contributed by atoms with Crippen LogP contribution in [0.3, 0.4) is 0 Å². The van der Waals surface area contributed by atoms with Gasteiger partial charge in [0.15, 0.2) is 17.4 Å². The Bertz CT molecular complexity index is 327. The molecule has 0 spiro atoms. The third kappa shape index (κ3) is 1.64. The number of hydrogen-bond donors (Lipinski definition) is 1. The normalized spacial score (nSPS) is 16.4. The van der Waals surface area contributed by atoms with Crippen molar-refractivity contribution in [1.29, 1.82) is 0 Å². The quantitative estimate of drug-likeness (QED) is 0.742. The minimum atomic E-state index is -0.727. The second-order valence-electron chi connectivity index (χ2n) is 3.48. The number of nitrogen functional groups attached to an aromatic ring is 1. The number of hydrogen-bond acceptors (Lipinski definition) is 2. The second kappa shape index (κ2) is 3.44. The molecule has 0 heterocycles. The molecule has 2 nitrogen and oxygen atoms in total. The predicted octanol–water partition coefficient (Wildman–Crippen LogP) is 2.48. The highest BCUT2D eigenvalue weighted by Crippen LogP contribution is 2.30. The van der Waals surface area contributed by atoms with Crippen LogP contribution in [0.25, 0.3) is 0 Å². The molecule has 14 heavy (non-hydrogen) atoms. The van der Waals surface area contributed by atoms with Crippen LogP contribution in [0.4, 0.5) is 14.5 Å². The molecule has 4 heteroatoms. The van der Waals surface area contributed by atoms with Crippen LogP contribution >= 0.6 is 0 Å². The topological polar surface area (TPSA) is 35.2 Å². The lowest BCUT2D eigenvalue weighted by Crippen LogP contribution is -2.25. The van der Waals surface area contributed by atoms with E-state index in [-0.39, 0.29) is 17.5 Å². The largest absolute Gasteiger partial charge is 0.484 e. The average molecular weight is 199 g/mol. The minimum absolute atomic E-state index is 0.0392. The first kappa shape index (κ1) is 9.24. The van der Waals surface area contributed by atoms with Crippen LogP contribution in [0.2, 0.25) is 0 Å². The van der Waals surface area contributed by atoms with Crippen LogP contribution in [0, 0.1) is 11.6 Å². The molecule has 0 atom stereocenters. The van der Waals surface area contributed by atoms with Gasteiger partial charge in [-0.05, 0) is 19.3 Å². The van der Waals surface area contributed by atoms with Gasteiger partial charge in [0.2, 0.25) is 0 Å². The Balaban J connectivity index is 2.22. The van der Waals surface area contributed by atoms with Crippen LogP contribution in [-0.2, 0) is 0 Å². The first-order valence-electron chi connectivity index (χ1n) is 4.58. The molecule has 0 unspecified atom stereocenters. The maximum absolute atomic E-state index is 13.2. The Morgan fingerprint density at radius 3 is 2.21 bits per heavy atom. The highest BCUT2D eigenvalue weighted by molar-refractivity contribution is 5.44. The molecule has 2 rings (SSSR count). The van der Waals surface area contributed by atoms with Gasteiger partial charge in [-0.25, -0.2) is 8.78 Å². The lowest BCUT2D eigenvalue weighted by atomic mass is 9.96. The van der Waals surface area contributed by atoms with Crippen molar-refractivity contribution in [3.05, 3.63) is 23.8 Å². The van der Waals surface area contributed by atoms with E-state index in [1.807, 2.05) is 0 Å². The third-order valence-electron chi connectivity index (χ3n) is 2.36. The predicted molar refractivity (Wildman–Crippen MR) is 49.0 cm³/mol. The maximum atomic E-state index is 13.2. The molecule has 2 N–H and O–H groups in total. The lowest BCUT2D eigenvalue weighted by molar-refractivity contribution is 0.109. The van der Waals surface area contributed by atoms with E-state index in [0.29, 0.717) is 0 Å². The zero-order chi connectivity index (χ0) is 10.1. The number of halogens is 2. The molecule has 0 amide bonds. The summed E-state index contributed by atoms with van der Waals surface area (Å²) in [6.45, 7) is 0. The Labute approximate surface area is 80.7 Å². The molecule has 1 aromatic rings. The van der Waals surface area contributed by atoms with Gasteiger partial charge in [0.05, 0.1) is 6.10 Å². The number of benzene rings is 1. The van der Waals surface area contributed by atoms with Gasteiger partial charge in [-0.1, -0.05) is 0 Å². The van der Waals surface area contributed by atoms with Gasteiger partial charge in [0, 0.05) is 17.8 Å². The molecule has 0 aliphatic heterocycles. The summed E-state index contributed by atoms with van der Waals surface area (Å²) >= 11 is 0. The highest BCUT2D eigenvalue weighted by Gasteiger charge is 2.22. The highest BCUT2D eigenvalue weighted by atomic mass is 19.1. The van der Waals surface area contributed by atoms with Gasteiger partial charge in [-0.15, -0.1) is 0 Å². The molecule has 0 saturated heterocycles. The summed E-state index contributed by atoms with van der Waals surface area (Å²) in [7, 11) is 0. The Morgan fingerprint density at radius 1 is 1.21 bits per heavy atom. The standard InChI is InChI=1S/C10H11F2NO/c11-8-4-6(13)5-9(12)10(8)14-7-2-1-3-7/h4-5,7H,1-3,13H2. The summed E-state index contributed by atoms with van der Waals surface area (Å²) in [5.74, 6) is -1.76. The summed E-state index contributed by atoms with van der Waals surface area (Å²) < 4.78 is 31.5. The van der Waals surface area contributed by atoms with Crippen molar-refractivity contribution in [3.63, 3.8) is 0 Å². The lowest BCUT2D eigenvalue weighted by Gasteiger charge is -2.26. The third-order valence-corrected chi connectivity index (χ3v) is 2.36. The van der Waals surface area contributed by atoms with Crippen LogP contribution in [-0.4, -0.2) is 6.10 Å². The summed E-state index contributed by atoms with van der Waals surface area (Å²) in [6, 6.07) is 2.13. The van der Waals surface area contributed by atoms with E-state index in [0.717, 1.165) is 31.4 Å². The number of nitrogens with two attached hydrogens (primary N) is 1. The zero-order valence-corrected chi connectivity index (χ0v) is 7.59. The Kier molecular flexibility index (Phi) is 2.27. The van der Waals surface area contributed by atoms with E-state index in [1.165, 1.54) is 0 Å². The van der Waals surface area contributed by atoms with Crippen molar-refractivity contribution >= 4 is 5.69 Å². The van der Waals surface area contributed by atoms with Crippen molar-refractivity contribution < 1.29 is 13.5 Å². The molecule has 1 saturated carbocycles. The van der Waals surface area contributed by atoms with Crippen LogP contribution in [0.15, 0.2) is 12.1 Å². The van der Waals surface area contributed by atoms with Crippen molar-refractivity contribution in [2.75, 3.05) is 5.73 Å². The molecule has 76 valence electrons. The van der Waals surface area contributed by atoms with Crippen LogP contribution in [0.1, 0.15) is 19.3 Å². The van der Waals surface area contributed by atoms with Gasteiger partial charge < -0.3 is 10.5 Å². The molecule has 1 fully saturated rings. The summed E-state index contributed by atoms with van der Waals surface area (Å²) in [6.07, 6.45) is 2.75. The van der Waals surface area contributed by atoms with E-state index in [2.05, 4.69) is 0 Å². The van der Waals surface area contributed by atoms with Crippen molar-refractivity contribution in [2.24, 2.45) is 0 Å². The van der Waals surface area contributed by atoms with Gasteiger partial charge in [-0.2, -0.15) is 0 Å². The molecule has 1 aromatic carbocycles. The van der Waals surface area contributed by atoms with Gasteiger partial charge in [0.25, 0.3) is 0 Å². The molecular weight excluding hydrogens is 188 g/mol. The fraction of sp³-hybridized carbons (Fsp3) is 0.400. The minimum Gasteiger partial charge on any atom is -0.484 e. The van der Waals surface area contributed by atoms with Gasteiger partial charge >= 0.3 is 0 Å². The monoisotopic (exact) mass is 199 g/mol. The van der Waals surface area contributed by atoms with Gasteiger partial charge in [-0.3, -0.25) is 0 Å². The number of ether oxygens (including phenoxy) is 1. The fourth-order valence-corrected chi connectivity index (χ4v) is 1.35. The van der Waals surface area contributed by atoms with Crippen molar-refractivity contribution in [2.45, 2.75) is 25.4 Å². The maximum Gasteiger partial charge on any atom is 0.191 e. The Morgan fingerprint density at radius 2 is 1.79 bits per heavy atom. The molecule has 1 aliphatic rings. The molecule has 0 radical (unpaired) electrons. The van der Waals surface area contributed by atoms with Crippen molar-refractivity contribution in [1.82, 2.24) is 0 Å². The molecular formula is C10H11F2NO. The molecule has 0 bridgehead atoms. The first-order valence-corrected chi connectivity index (χ1v) is 4.58.